The Labute approximate surface area is 189 Å². The van der Waals surface area contributed by atoms with E-state index in [-0.39, 0.29) is 5.75 Å². The summed E-state index contributed by atoms with van der Waals surface area (Å²) in [6.45, 7) is 3.63. The van der Waals surface area contributed by atoms with Crippen molar-refractivity contribution in [3.63, 3.8) is 0 Å². The van der Waals surface area contributed by atoms with Crippen LogP contribution in [0.15, 0.2) is 53.7 Å². The first-order valence-electron chi connectivity index (χ1n) is 10.2. The molecule has 0 aliphatic carbocycles. The molecule has 2 aromatic carbocycles. The molecule has 0 saturated carbocycles. The van der Waals surface area contributed by atoms with Gasteiger partial charge in [-0.2, -0.15) is 0 Å². The molecule has 166 valence electrons. The molecule has 0 saturated heterocycles. The Morgan fingerprint density at radius 3 is 2.62 bits per heavy atom. The van der Waals surface area contributed by atoms with Crippen LogP contribution in [0.3, 0.4) is 0 Å². The first-order chi connectivity index (χ1) is 15.6. The van der Waals surface area contributed by atoms with Gasteiger partial charge in [0.2, 0.25) is 5.91 Å². The van der Waals surface area contributed by atoms with Crippen molar-refractivity contribution in [2.45, 2.75) is 25.0 Å². The summed E-state index contributed by atoms with van der Waals surface area (Å²) in [4.78, 5) is 24.4. The number of nitrogens with zero attached hydrogens (tertiary/aromatic N) is 3. The molecule has 4 rings (SSSR count). The molecule has 10 heteroatoms. The molecule has 0 radical (unpaired) electrons. The Balaban J connectivity index is 1.29. The summed E-state index contributed by atoms with van der Waals surface area (Å²) in [6, 6.07) is 14.5. The zero-order chi connectivity index (χ0) is 22.3. The minimum absolute atomic E-state index is 0.0397. The highest BCUT2D eigenvalue weighted by Gasteiger charge is 2.16. The fourth-order valence-electron chi connectivity index (χ4n) is 3.23. The zero-order valence-electron chi connectivity index (χ0n) is 17.5. The van der Waals surface area contributed by atoms with Crippen LogP contribution < -0.4 is 20.1 Å². The number of rotatable bonds is 7. The van der Waals surface area contributed by atoms with Crippen LogP contribution in [-0.4, -0.2) is 45.7 Å². The lowest BCUT2D eigenvalue weighted by Gasteiger charge is -2.19. The lowest BCUT2D eigenvalue weighted by molar-refractivity contribution is -0.117. The number of imide groups is 1. The summed E-state index contributed by atoms with van der Waals surface area (Å²) in [5, 5.41) is 14.1. The maximum absolute atomic E-state index is 12.3. The summed E-state index contributed by atoms with van der Waals surface area (Å²) < 4.78 is 12.9. The fourth-order valence-corrected chi connectivity index (χ4v) is 4.05. The molecule has 3 aromatic rings. The highest BCUT2D eigenvalue weighted by molar-refractivity contribution is 7.99. The van der Waals surface area contributed by atoms with Gasteiger partial charge in [0.15, 0.2) is 16.7 Å². The zero-order valence-corrected chi connectivity index (χ0v) is 18.4. The van der Waals surface area contributed by atoms with E-state index in [1.165, 1.54) is 11.8 Å². The van der Waals surface area contributed by atoms with Crippen molar-refractivity contribution in [1.82, 2.24) is 20.1 Å². The first-order valence-corrected chi connectivity index (χ1v) is 11.2. The molecule has 0 fully saturated rings. The number of aromatic nitrogens is 3. The van der Waals surface area contributed by atoms with Crippen molar-refractivity contribution in [3.05, 3.63) is 59.9 Å². The number of benzene rings is 2. The molecule has 0 spiro atoms. The van der Waals surface area contributed by atoms with E-state index in [0.29, 0.717) is 48.5 Å². The van der Waals surface area contributed by atoms with E-state index < -0.39 is 11.9 Å². The minimum atomic E-state index is -0.617. The highest BCUT2D eigenvalue weighted by atomic mass is 32.2. The molecule has 0 unspecified atom stereocenters. The Hall–Kier alpha value is -3.53. The summed E-state index contributed by atoms with van der Waals surface area (Å²) in [5.74, 6) is 1.62. The summed E-state index contributed by atoms with van der Waals surface area (Å²) in [7, 11) is 0. The molecule has 9 nitrogen and oxygen atoms in total. The summed E-state index contributed by atoms with van der Waals surface area (Å²) in [5.41, 5.74) is 1.64. The van der Waals surface area contributed by atoms with Crippen LogP contribution in [0.2, 0.25) is 0 Å². The average molecular weight is 454 g/mol. The monoisotopic (exact) mass is 453 g/mol. The first kappa shape index (κ1) is 21.7. The average Bonchev–Trinajstić information content (AvgIpc) is 3.19. The third-order valence-electron chi connectivity index (χ3n) is 4.70. The van der Waals surface area contributed by atoms with Gasteiger partial charge in [0.1, 0.15) is 19.0 Å². The largest absolute Gasteiger partial charge is 0.486 e. The quantitative estimate of drug-likeness (QED) is 0.529. The predicted molar refractivity (Wildman–Crippen MR) is 120 cm³/mol. The normalized spacial score (nSPS) is 12.3. The summed E-state index contributed by atoms with van der Waals surface area (Å²) >= 11 is 1.24. The van der Waals surface area contributed by atoms with Gasteiger partial charge in [0.25, 0.3) is 0 Å². The van der Waals surface area contributed by atoms with Crippen LogP contribution in [0.5, 0.6) is 11.5 Å². The molecule has 32 heavy (non-hydrogen) atoms. The molecule has 1 aliphatic heterocycles. The second-order valence-electron chi connectivity index (χ2n) is 6.95. The van der Waals surface area contributed by atoms with Gasteiger partial charge >= 0.3 is 6.03 Å². The minimum Gasteiger partial charge on any atom is -0.486 e. The van der Waals surface area contributed by atoms with E-state index in [0.717, 1.165) is 11.4 Å². The van der Waals surface area contributed by atoms with Gasteiger partial charge in [-0.1, -0.05) is 42.1 Å². The van der Waals surface area contributed by atoms with Gasteiger partial charge in [0, 0.05) is 24.7 Å². The van der Waals surface area contributed by atoms with Crippen LogP contribution in [0, 0.1) is 0 Å². The third-order valence-corrected chi connectivity index (χ3v) is 5.67. The van der Waals surface area contributed by atoms with E-state index >= 15 is 0 Å². The summed E-state index contributed by atoms with van der Waals surface area (Å²) in [6.07, 6.45) is 0.659. The van der Waals surface area contributed by atoms with Gasteiger partial charge in [-0.25, -0.2) is 4.79 Å². The number of carbonyl (C=O) groups is 2. The van der Waals surface area contributed by atoms with Gasteiger partial charge in [0.05, 0.1) is 5.75 Å². The van der Waals surface area contributed by atoms with Gasteiger partial charge < -0.3 is 19.4 Å². The maximum atomic E-state index is 12.3. The van der Waals surface area contributed by atoms with E-state index in [1.54, 1.807) is 18.2 Å². The standard InChI is InChI=1S/C22H23N5O4S/c1-2-27-19(12-15-6-4-3-5-7-15)25-26-22(27)32-14-20(28)24-21(29)23-16-8-9-17-18(13-16)31-11-10-30-17/h3-9,13H,2,10-12,14H2,1H3,(H2,23,24,28,29). The Morgan fingerprint density at radius 2 is 1.84 bits per heavy atom. The predicted octanol–water partition coefficient (Wildman–Crippen LogP) is 3.10. The third kappa shape index (κ3) is 5.38. The van der Waals surface area contributed by atoms with E-state index in [4.69, 9.17) is 9.47 Å². The van der Waals surface area contributed by atoms with Crippen molar-refractivity contribution < 1.29 is 19.1 Å². The number of urea groups is 1. The van der Waals surface area contributed by atoms with Crippen LogP contribution in [0.4, 0.5) is 10.5 Å². The van der Waals surface area contributed by atoms with Crippen molar-refractivity contribution >= 4 is 29.4 Å². The van der Waals surface area contributed by atoms with Crippen LogP contribution >= 0.6 is 11.8 Å². The van der Waals surface area contributed by atoms with E-state index in [2.05, 4.69) is 20.8 Å². The number of fused-ring (bicyclic) bond motifs is 1. The van der Waals surface area contributed by atoms with Crippen molar-refractivity contribution in [1.29, 1.82) is 0 Å². The van der Waals surface area contributed by atoms with Gasteiger partial charge in [-0.05, 0) is 24.6 Å². The molecule has 0 bridgehead atoms. The van der Waals surface area contributed by atoms with E-state index in [1.807, 2.05) is 41.8 Å². The van der Waals surface area contributed by atoms with Crippen molar-refractivity contribution in [2.24, 2.45) is 0 Å². The second kappa shape index (κ2) is 10.2. The lowest BCUT2D eigenvalue weighted by Crippen LogP contribution is -2.35. The number of hydrogen-bond acceptors (Lipinski definition) is 7. The number of thioether (sulfide) groups is 1. The number of anilines is 1. The van der Waals surface area contributed by atoms with E-state index in [9.17, 15) is 9.59 Å². The number of ether oxygens (including phenoxy) is 2. The molecule has 2 heterocycles. The molecule has 0 atom stereocenters. The Morgan fingerprint density at radius 1 is 1.06 bits per heavy atom. The molecule has 2 N–H and O–H groups in total. The number of hydrogen-bond donors (Lipinski definition) is 2. The smallest absolute Gasteiger partial charge is 0.325 e. The fraction of sp³-hybridized carbons (Fsp3) is 0.273. The number of nitrogens with one attached hydrogen (secondary N) is 2. The topological polar surface area (TPSA) is 107 Å². The molecular formula is C22H23N5O4S. The molecular weight excluding hydrogens is 430 g/mol. The highest BCUT2D eigenvalue weighted by Crippen LogP contribution is 2.32. The molecule has 1 aromatic heterocycles. The van der Waals surface area contributed by atoms with Crippen LogP contribution in [-0.2, 0) is 17.8 Å². The Kier molecular flexibility index (Phi) is 6.90. The maximum Gasteiger partial charge on any atom is 0.325 e. The van der Waals surface area contributed by atoms with Gasteiger partial charge in [-0.15, -0.1) is 10.2 Å². The van der Waals surface area contributed by atoms with Crippen molar-refractivity contribution in [2.75, 3.05) is 24.3 Å². The van der Waals surface area contributed by atoms with Crippen molar-refractivity contribution in [3.8, 4) is 11.5 Å². The van der Waals surface area contributed by atoms with Crippen LogP contribution in [0.25, 0.3) is 0 Å². The lowest BCUT2D eigenvalue weighted by atomic mass is 10.1. The molecule has 1 aliphatic rings. The number of amides is 3. The van der Waals surface area contributed by atoms with Crippen LogP contribution in [0.1, 0.15) is 18.3 Å². The second-order valence-corrected chi connectivity index (χ2v) is 7.90. The SMILES string of the molecule is CCn1c(Cc2ccccc2)nnc1SCC(=O)NC(=O)Nc1ccc2c(c1)OCCO2. The Bertz CT molecular complexity index is 1100. The van der Waals surface area contributed by atoms with Gasteiger partial charge in [-0.3, -0.25) is 10.1 Å². The molecule has 3 amide bonds. The number of carbonyl (C=O) groups excluding carboxylic acids is 2.